The molecule has 2 aromatic rings. The van der Waals surface area contributed by atoms with Gasteiger partial charge in [0.25, 0.3) is 5.91 Å². The zero-order valence-electron chi connectivity index (χ0n) is 17.2. The van der Waals surface area contributed by atoms with Gasteiger partial charge in [0.05, 0.1) is 5.56 Å². The van der Waals surface area contributed by atoms with Gasteiger partial charge in [0.1, 0.15) is 12.6 Å². The molecule has 6 nitrogen and oxygen atoms in total. The number of ether oxygens (including phenoxy) is 1. The van der Waals surface area contributed by atoms with E-state index in [1.807, 2.05) is 44.2 Å². The van der Waals surface area contributed by atoms with Crippen LogP contribution < -0.4 is 0 Å². The van der Waals surface area contributed by atoms with Crippen LogP contribution in [0.4, 0.5) is 0 Å². The molecular weight excluding hydrogens is 368 g/mol. The number of aryl methyl sites for hydroxylation is 1. The molecule has 1 aliphatic heterocycles. The van der Waals surface area contributed by atoms with Crippen molar-refractivity contribution >= 4 is 17.7 Å². The number of ketones is 1. The van der Waals surface area contributed by atoms with Crippen molar-refractivity contribution in [1.29, 1.82) is 0 Å². The molecule has 1 aromatic heterocycles. The number of Topliss-reactive ketones (excluding diaryl/α,β-unsaturated/α-hetero) is 1. The van der Waals surface area contributed by atoms with Crippen molar-refractivity contribution in [2.24, 2.45) is 5.92 Å². The Labute approximate surface area is 170 Å². The van der Waals surface area contributed by atoms with Gasteiger partial charge >= 0.3 is 5.97 Å². The second kappa shape index (κ2) is 8.55. The Morgan fingerprint density at radius 2 is 1.83 bits per heavy atom. The van der Waals surface area contributed by atoms with E-state index in [-0.39, 0.29) is 41.4 Å². The van der Waals surface area contributed by atoms with Gasteiger partial charge in [-0.05, 0) is 44.7 Å². The van der Waals surface area contributed by atoms with Gasteiger partial charge in [-0.15, -0.1) is 0 Å². The molecule has 0 bridgehead atoms. The van der Waals surface area contributed by atoms with Crippen LogP contribution in [0.2, 0.25) is 0 Å². The minimum Gasteiger partial charge on any atom is -0.459 e. The lowest BCUT2D eigenvalue weighted by Gasteiger charge is -2.28. The maximum atomic E-state index is 13.4. The molecule has 2 heterocycles. The number of benzene rings is 1. The van der Waals surface area contributed by atoms with Crippen molar-refractivity contribution < 1.29 is 19.1 Å². The molecule has 0 N–H and O–H groups in total. The predicted octanol–water partition coefficient (Wildman–Crippen LogP) is 3.58. The molecular formula is C23H26N2O4. The summed E-state index contributed by atoms with van der Waals surface area (Å²) in [6.07, 6.45) is 1.96. The van der Waals surface area contributed by atoms with E-state index in [4.69, 9.17) is 4.74 Å². The van der Waals surface area contributed by atoms with E-state index in [0.717, 1.165) is 5.56 Å². The van der Waals surface area contributed by atoms with Crippen LogP contribution in [0.1, 0.15) is 59.2 Å². The zero-order valence-corrected chi connectivity index (χ0v) is 17.2. The Balaban J connectivity index is 1.85. The lowest BCUT2D eigenvalue weighted by molar-refractivity contribution is -0.149. The van der Waals surface area contributed by atoms with Gasteiger partial charge in [-0.3, -0.25) is 14.6 Å². The van der Waals surface area contributed by atoms with Crippen molar-refractivity contribution in [1.82, 2.24) is 9.88 Å². The second-order valence-corrected chi connectivity index (χ2v) is 7.70. The quantitative estimate of drug-likeness (QED) is 0.572. The van der Waals surface area contributed by atoms with Gasteiger partial charge < -0.3 is 9.64 Å². The highest BCUT2D eigenvalue weighted by Crippen LogP contribution is 2.32. The van der Waals surface area contributed by atoms with Crippen LogP contribution in [0.3, 0.4) is 0 Å². The SMILES string of the molecule is CC(=O)c1cnc(C)cc1C(=O)N1[C@@H](C(=O)OCc2ccccc2)C[C@@H](C)[C@H]1C. The second-order valence-electron chi connectivity index (χ2n) is 7.70. The first kappa shape index (κ1) is 20.7. The number of amides is 1. The summed E-state index contributed by atoms with van der Waals surface area (Å²) in [6.45, 7) is 7.27. The average Bonchev–Trinajstić information content (AvgIpc) is 3.00. The van der Waals surface area contributed by atoms with Gasteiger partial charge in [0, 0.05) is 23.5 Å². The fourth-order valence-corrected chi connectivity index (χ4v) is 3.74. The smallest absolute Gasteiger partial charge is 0.329 e. The van der Waals surface area contributed by atoms with Crippen LogP contribution in [0.15, 0.2) is 42.6 Å². The molecule has 0 spiro atoms. The number of pyridine rings is 1. The largest absolute Gasteiger partial charge is 0.459 e. The summed E-state index contributed by atoms with van der Waals surface area (Å²) in [5, 5.41) is 0. The minimum atomic E-state index is -0.676. The van der Waals surface area contributed by atoms with Crippen LogP contribution in [0, 0.1) is 12.8 Å². The number of nitrogens with zero attached hydrogens (tertiary/aromatic N) is 2. The Hall–Kier alpha value is -3.02. The van der Waals surface area contributed by atoms with Crippen LogP contribution in [-0.4, -0.2) is 39.6 Å². The fraction of sp³-hybridized carbons (Fsp3) is 0.391. The highest BCUT2D eigenvalue weighted by atomic mass is 16.5. The molecule has 152 valence electrons. The van der Waals surface area contributed by atoms with Crippen LogP contribution >= 0.6 is 0 Å². The Morgan fingerprint density at radius 1 is 1.14 bits per heavy atom. The summed E-state index contributed by atoms with van der Waals surface area (Å²) >= 11 is 0. The van der Waals surface area contributed by atoms with Crippen molar-refractivity contribution in [3.8, 4) is 0 Å². The standard InChI is InChI=1S/C23H26N2O4/c1-14-10-21(23(28)29-13-18-8-6-5-7-9-18)25(16(14)3)22(27)19-11-15(2)24-12-20(19)17(4)26/h5-9,11-12,14,16,21H,10,13H2,1-4H3/t14-,16-,21-/m1/s1. The lowest BCUT2D eigenvalue weighted by atomic mass is 10.0. The van der Waals surface area contributed by atoms with Gasteiger partial charge in [-0.25, -0.2) is 4.79 Å². The monoisotopic (exact) mass is 394 g/mol. The summed E-state index contributed by atoms with van der Waals surface area (Å²) in [4.78, 5) is 44.0. The number of aromatic nitrogens is 1. The van der Waals surface area contributed by atoms with E-state index in [9.17, 15) is 14.4 Å². The number of carbonyl (C=O) groups excluding carboxylic acids is 3. The third-order valence-corrected chi connectivity index (χ3v) is 5.57. The highest BCUT2D eigenvalue weighted by Gasteiger charge is 2.44. The maximum absolute atomic E-state index is 13.4. The van der Waals surface area contributed by atoms with E-state index in [2.05, 4.69) is 4.98 Å². The minimum absolute atomic E-state index is 0.136. The highest BCUT2D eigenvalue weighted by molar-refractivity contribution is 6.08. The van der Waals surface area contributed by atoms with Gasteiger partial charge in [0.2, 0.25) is 0 Å². The normalized spacial score (nSPS) is 21.1. The summed E-state index contributed by atoms with van der Waals surface area (Å²) in [7, 11) is 0. The maximum Gasteiger partial charge on any atom is 0.329 e. The van der Waals surface area contributed by atoms with Gasteiger partial charge in [-0.1, -0.05) is 37.3 Å². The fourth-order valence-electron chi connectivity index (χ4n) is 3.74. The van der Waals surface area contributed by atoms with E-state index >= 15 is 0 Å². The number of hydrogen-bond acceptors (Lipinski definition) is 5. The summed E-state index contributed by atoms with van der Waals surface area (Å²) in [6, 6.07) is 10.2. The molecule has 3 atom stereocenters. The van der Waals surface area contributed by atoms with Gasteiger partial charge in [0.15, 0.2) is 5.78 Å². The molecule has 1 saturated heterocycles. The third kappa shape index (κ3) is 4.36. The van der Waals surface area contributed by atoms with Crippen molar-refractivity contribution in [3.63, 3.8) is 0 Å². The topological polar surface area (TPSA) is 76.6 Å². The molecule has 1 aliphatic rings. The first-order valence-electron chi connectivity index (χ1n) is 9.80. The van der Waals surface area contributed by atoms with Gasteiger partial charge in [-0.2, -0.15) is 0 Å². The van der Waals surface area contributed by atoms with Crippen LogP contribution in [-0.2, 0) is 16.1 Å². The first-order valence-corrected chi connectivity index (χ1v) is 9.80. The molecule has 0 radical (unpaired) electrons. The average molecular weight is 394 g/mol. The van der Waals surface area contributed by atoms with Crippen LogP contribution in [0.5, 0.6) is 0 Å². The predicted molar refractivity (Wildman–Crippen MR) is 108 cm³/mol. The van der Waals surface area contributed by atoms with Crippen molar-refractivity contribution in [2.45, 2.75) is 52.8 Å². The third-order valence-electron chi connectivity index (χ3n) is 5.57. The van der Waals surface area contributed by atoms with E-state index in [0.29, 0.717) is 12.1 Å². The molecule has 0 aliphatic carbocycles. The lowest BCUT2D eigenvalue weighted by Crippen LogP contribution is -2.45. The summed E-state index contributed by atoms with van der Waals surface area (Å²) in [5.74, 6) is -0.853. The van der Waals surface area contributed by atoms with Crippen molar-refractivity contribution in [3.05, 3.63) is 65.0 Å². The molecule has 1 fully saturated rings. The molecule has 3 rings (SSSR count). The molecule has 1 amide bonds. The number of esters is 1. The first-order chi connectivity index (χ1) is 13.8. The molecule has 1 aromatic carbocycles. The molecule has 0 saturated carbocycles. The number of rotatable bonds is 5. The zero-order chi connectivity index (χ0) is 21.1. The summed E-state index contributed by atoms with van der Waals surface area (Å²) < 4.78 is 5.51. The number of hydrogen-bond donors (Lipinski definition) is 0. The molecule has 6 heteroatoms. The van der Waals surface area contributed by atoms with E-state index in [1.165, 1.54) is 13.1 Å². The number of likely N-dealkylation sites (tertiary alicyclic amines) is 1. The van der Waals surface area contributed by atoms with Crippen molar-refractivity contribution in [2.75, 3.05) is 0 Å². The van der Waals surface area contributed by atoms with E-state index in [1.54, 1.807) is 17.9 Å². The Bertz CT molecular complexity index is 926. The molecule has 29 heavy (non-hydrogen) atoms. The number of carbonyl (C=O) groups is 3. The van der Waals surface area contributed by atoms with Crippen LogP contribution in [0.25, 0.3) is 0 Å². The Kier molecular flexibility index (Phi) is 6.11. The molecule has 0 unspecified atom stereocenters. The van der Waals surface area contributed by atoms with E-state index < -0.39 is 12.0 Å². The Morgan fingerprint density at radius 3 is 2.48 bits per heavy atom. The summed E-state index contributed by atoms with van der Waals surface area (Å²) in [5.41, 5.74) is 2.08.